The molecule has 1 amide bonds. The molecule has 2 atom stereocenters. The number of pyridine rings is 1. The van der Waals surface area contributed by atoms with Crippen molar-refractivity contribution in [2.24, 2.45) is 18.7 Å². The van der Waals surface area contributed by atoms with E-state index in [2.05, 4.69) is 38.4 Å². The number of carbonyl (C=O) groups is 1. The summed E-state index contributed by atoms with van der Waals surface area (Å²) in [6.07, 6.45) is 9.71. The molecule has 10 nitrogen and oxygen atoms in total. The molecule has 3 N–H and O–H groups in total. The van der Waals surface area contributed by atoms with E-state index in [1.165, 1.54) is 6.20 Å². The zero-order chi connectivity index (χ0) is 23.8. The molecule has 1 saturated heterocycles. The van der Waals surface area contributed by atoms with E-state index in [1.54, 1.807) is 27.7 Å². The van der Waals surface area contributed by atoms with Gasteiger partial charge in [0.05, 0.1) is 34.7 Å². The second kappa shape index (κ2) is 8.51. The third-order valence-electron chi connectivity index (χ3n) is 6.44. The predicted molar refractivity (Wildman–Crippen MR) is 128 cm³/mol. The van der Waals surface area contributed by atoms with Gasteiger partial charge in [-0.15, -0.1) is 0 Å². The third kappa shape index (κ3) is 3.81. The van der Waals surface area contributed by atoms with Gasteiger partial charge in [0.1, 0.15) is 11.9 Å². The van der Waals surface area contributed by atoms with E-state index in [4.69, 9.17) is 11.0 Å². The molecule has 0 unspecified atom stereocenters. The number of fused-ring (bicyclic) bond motifs is 1. The smallest absolute Gasteiger partial charge is 0.252 e. The Bertz CT molecular complexity index is 1400. The number of primary amides is 1. The number of hydrogen-bond donors (Lipinski definition) is 2. The van der Waals surface area contributed by atoms with Gasteiger partial charge in [-0.2, -0.15) is 15.5 Å². The third-order valence-corrected chi connectivity index (χ3v) is 6.44. The summed E-state index contributed by atoms with van der Waals surface area (Å²) < 4.78 is 3.50. The molecule has 4 aromatic heterocycles. The Morgan fingerprint density at radius 1 is 1.21 bits per heavy atom. The maximum atomic E-state index is 12.3. The molecule has 172 valence electrons. The average molecular weight is 456 g/mol. The van der Waals surface area contributed by atoms with Crippen molar-refractivity contribution in [2.45, 2.75) is 19.4 Å². The number of nitrogens with two attached hydrogens (primary N) is 1. The van der Waals surface area contributed by atoms with E-state index >= 15 is 0 Å². The number of amides is 1. The minimum atomic E-state index is -0.529. The highest BCUT2D eigenvalue weighted by Gasteiger charge is 2.33. The van der Waals surface area contributed by atoms with E-state index < -0.39 is 5.91 Å². The maximum absolute atomic E-state index is 12.3. The summed E-state index contributed by atoms with van der Waals surface area (Å²) in [5.41, 5.74) is 9.98. The number of nitriles is 1. The number of hydrogen-bond acceptors (Lipinski definition) is 7. The summed E-state index contributed by atoms with van der Waals surface area (Å²) >= 11 is 0. The second-order valence-electron chi connectivity index (χ2n) is 8.60. The van der Waals surface area contributed by atoms with Gasteiger partial charge in [-0.3, -0.25) is 9.48 Å². The molecular formula is C24H25N9O. The highest BCUT2D eigenvalue weighted by atomic mass is 16.1. The molecule has 0 radical (unpaired) electrons. The van der Waals surface area contributed by atoms with Crippen molar-refractivity contribution >= 4 is 22.9 Å². The maximum Gasteiger partial charge on any atom is 0.252 e. The Labute approximate surface area is 196 Å². The minimum Gasteiger partial charge on any atom is -0.378 e. The Kier molecular flexibility index (Phi) is 5.37. The van der Waals surface area contributed by atoms with Gasteiger partial charge in [0.25, 0.3) is 5.91 Å². The van der Waals surface area contributed by atoms with Gasteiger partial charge in [-0.25, -0.2) is 9.50 Å². The van der Waals surface area contributed by atoms with Crippen LogP contribution in [0.4, 0.5) is 11.5 Å². The molecule has 10 heteroatoms. The van der Waals surface area contributed by atoms with E-state index in [0.717, 1.165) is 35.4 Å². The first kappa shape index (κ1) is 21.5. The number of aryl methyl sites for hydroxylation is 1. The molecule has 34 heavy (non-hydrogen) atoms. The van der Waals surface area contributed by atoms with Gasteiger partial charge < -0.3 is 16.0 Å². The quantitative estimate of drug-likeness (QED) is 0.457. The predicted octanol–water partition coefficient (Wildman–Crippen LogP) is 2.43. The SMILES string of the molecule is CC[C@@H]1CN(c2ccc(C#N)cn2)C[C@H]1Nc1c(C(N)=O)cnn2cc(-c3cnn(C)c3)cc12. The van der Waals surface area contributed by atoms with Crippen LogP contribution >= 0.6 is 0 Å². The number of aromatic nitrogens is 5. The van der Waals surface area contributed by atoms with E-state index in [0.29, 0.717) is 29.3 Å². The van der Waals surface area contributed by atoms with Gasteiger partial charge in [0.2, 0.25) is 0 Å². The van der Waals surface area contributed by atoms with E-state index in [9.17, 15) is 4.79 Å². The van der Waals surface area contributed by atoms with Crippen molar-refractivity contribution in [1.82, 2.24) is 24.4 Å². The van der Waals surface area contributed by atoms with Crippen molar-refractivity contribution in [3.05, 3.63) is 60.3 Å². The molecule has 0 spiro atoms. The summed E-state index contributed by atoms with van der Waals surface area (Å²) in [6.45, 7) is 3.69. The number of rotatable bonds is 6. The van der Waals surface area contributed by atoms with Crippen molar-refractivity contribution in [1.29, 1.82) is 5.26 Å². The number of nitrogens with one attached hydrogen (secondary N) is 1. The van der Waals surface area contributed by atoms with Crippen LogP contribution < -0.4 is 16.0 Å². The Hall–Kier alpha value is -4.39. The van der Waals surface area contributed by atoms with Gasteiger partial charge in [0.15, 0.2) is 0 Å². The van der Waals surface area contributed by atoms with Crippen LogP contribution in [0.15, 0.2) is 49.2 Å². The fourth-order valence-electron chi connectivity index (χ4n) is 4.58. The summed E-state index contributed by atoms with van der Waals surface area (Å²) in [4.78, 5) is 18.9. The molecule has 0 saturated carbocycles. The molecule has 5 rings (SSSR count). The van der Waals surface area contributed by atoms with Crippen LogP contribution in [0.5, 0.6) is 0 Å². The summed E-state index contributed by atoms with van der Waals surface area (Å²) in [7, 11) is 1.87. The minimum absolute atomic E-state index is 0.0727. The van der Waals surface area contributed by atoms with Crippen LogP contribution in [0.1, 0.15) is 29.3 Å². The molecule has 4 aromatic rings. The molecule has 1 aliphatic rings. The number of nitrogens with zero attached hydrogens (tertiary/aromatic N) is 7. The van der Waals surface area contributed by atoms with E-state index in [1.807, 2.05) is 31.6 Å². The highest BCUT2D eigenvalue weighted by Crippen LogP contribution is 2.32. The van der Waals surface area contributed by atoms with Gasteiger partial charge >= 0.3 is 0 Å². The Morgan fingerprint density at radius 2 is 2.06 bits per heavy atom. The lowest BCUT2D eigenvalue weighted by Crippen LogP contribution is -2.30. The fraction of sp³-hybridized carbons (Fsp3) is 0.292. The van der Waals surface area contributed by atoms with Crippen LogP contribution in [0.2, 0.25) is 0 Å². The standard InChI is InChI=1S/C24H25N9O/c1-3-16-12-32(22-5-4-15(7-25)8-27-22)14-20(16)30-23-19(24(26)34)10-29-33-13-17(6-21(23)33)18-9-28-31(2)11-18/h4-6,8-11,13,16,20,30H,3,12,14H2,1-2H3,(H2,26,34)/t16-,20-/m1/s1. The average Bonchev–Trinajstić information content (AvgIpc) is 3.57. The second-order valence-corrected chi connectivity index (χ2v) is 8.60. The van der Waals surface area contributed by atoms with Crippen LogP contribution in [-0.2, 0) is 7.05 Å². The largest absolute Gasteiger partial charge is 0.378 e. The van der Waals surface area contributed by atoms with Crippen molar-refractivity contribution in [3.63, 3.8) is 0 Å². The first-order valence-corrected chi connectivity index (χ1v) is 11.1. The molecule has 0 bridgehead atoms. The van der Waals surface area contributed by atoms with Crippen molar-refractivity contribution < 1.29 is 4.79 Å². The number of anilines is 2. The first-order chi connectivity index (χ1) is 16.5. The van der Waals surface area contributed by atoms with Crippen LogP contribution in [0.25, 0.3) is 16.6 Å². The lowest BCUT2D eigenvalue weighted by molar-refractivity contribution is 0.100. The summed E-state index contributed by atoms with van der Waals surface area (Å²) in [5.74, 6) is 0.635. The molecule has 1 fully saturated rings. The van der Waals surface area contributed by atoms with Crippen LogP contribution in [-0.4, -0.2) is 49.4 Å². The lowest BCUT2D eigenvalue weighted by Gasteiger charge is -2.21. The molecule has 1 aliphatic heterocycles. The molecule has 0 aliphatic carbocycles. The van der Waals surface area contributed by atoms with Crippen LogP contribution in [0.3, 0.4) is 0 Å². The molecule has 5 heterocycles. The van der Waals surface area contributed by atoms with Gasteiger partial charge in [-0.1, -0.05) is 6.92 Å². The summed E-state index contributed by atoms with van der Waals surface area (Å²) in [5, 5.41) is 21.3. The summed E-state index contributed by atoms with van der Waals surface area (Å²) in [6, 6.07) is 7.83. The topological polar surface area (TPSA) is 130 Å². The Balaban J connectivity index is 1.49. The highest BCUT2D eigenvalue weighted by molar-refractivity contribution is 6.02. The van der Waals surface area contributed by atoms with Crippen LogP contribution in [0, 0.1) is 17.2 Å². The van der Waals surface area contributed by atoms with Crippen molar-refractivity contribution in [3.8, 4) is 17.2 Å². The molecular weight excluding hydrogens is 430 g/mol. The molecule has 0 aromatic carbocycles. The van der Waals surface area contributed by atoms with Crippen molar-refractivity contribution in [2.75, 3.05) is 23.3 Å². The zero-order valence-electron chi connectivity index (χ0n) is 19.0. The van der Waals surface area contributed by atoms with Gasteiger partial charge in [0, 0.05) is 55.9 Å². The zero-order valence-corrected chi connectivity index (χ0v) is 19.0. The fourth-order valence-corrected chi connectivity index (χ4v) is 4.58. The lowest BCUT2D eigenvalue weighted by atomic mass is 10.00. The monoisotopic (exact) mass is 455 g/mol. The van der Waals surface area contributed by atoms with E-state index in [-0.39, 0.29) is 6.04 Å². The number of carbonyl (C=O) groups excluding carboxylic acids is 1. The normalized spacial score (nSPS) is 17.7. The van der Waals surface area contributed by atoms with Gasteiger partial charge in [-0.05, 0) is 30.5 Å². The Morgan fingerprint density at radius 3 is 2.71 bits per heavy atom. The first-order valence-electron chi connectivity index (χ1n) is 11.1.